The average molecular weight is 483 g/mol. The summed E-state index contributed by atoms with van der Waals surface area (Å²) in [6.45, 7) is 5.09. The molecular weight excluding hydrogens is 452 g/mol. The fraction of sp³-hybridized carbons (Fsp3) is 0.357. The molecule has 0 saturated carbocycles. The van der Waals surface area contributed by atoms with Crippen molar-refractivity contribution >= 4 is 16.8 Å². The first-order valence-corrected chi connectivity index (χ1v) is 12.7. The summed E-state index contributed by atoms with van der Waals surface area (Å²) in [6, 6.07) is 16.4. The zero-order chi connectivity index (χ0) is 24.3. The number of carbonyl (C=O) groups excluding carboxylic acids is 1. The molecule has 1 amide bonds. The van der Waals surface area contributed by atoms with E-state index in [1.165, 1.54) is 0 Å². The smallest absolute Gasteiger partial charge is 0.270 e. The Hall–Kier alpha value is -3.62. The quantitative estimate of drug-likeness (QED) is 0.468. The van der Waals surface area contributed by atoms with Crippen LogP contribution in [-0.2, 0) is 11.2 Å². The number of benzene rings is 1. The van der Waals surface area contributed by atoms with Crippen LogP contribution in [0.15, 0.2) is 60.9 Å². The molecule has 8 nitrogen and oxygen atoms in total. The normalized spacial score (nSPS) is 17.5. The van der Waals surface area contributed by atoms with E-state index in [0.29, 0.717) is 18.2 Å². The summed E-state index contributed by atoms with van der Waals surface area (Å²) < 4.78 is 5.50. The number of nitrogens with zero attached hydrogens (tertiary/aromatic N) is 5. The van der Waals surface area contributed by atoms with Gasteiger partial charge in [-0.2, -0.15) is 0 Å². The van der Waals surface area contributed by atoms with Crippen molar-refractivity contribution in [2.24, 2.45) is 0 Å². The number of H-pyrrole nitrogens is 1. The molecule has 1 aromatic carbocycles. The van der Waals surface area contributed by atoms with Crippen molar-refractivity contribution in [3.8, 4) is 11.4 Å². The third-order valence-corrected chi connectivity index (χ3v) is 7.22. The van der Waals surface area contributed by atoms with Gasteiger partial charge >= 0.3 is 0 Å². The highest BCUT2D eigenvalue weighted by Crippen LogP contribution is 2.22. The number of nitrogens with one attached hydrogen (secondary N) is 1. The second-order valence-corrected chi connectivity index (χ2v) is 9.53. The zero-order valence-electron chi connectivity index (χ0n) is 20.3. The number of piperazine rings is 1. The number of hydrogen-bond donors (Lipinski definition) is 1. The Kier molecular flexibility index (Phi) is 6.44. The molecule has 0 aliphatic carbocycles. The Morgan fingerprint density at radius 1 is 0.944 bits per heavy atom. The number of aromatic nitrogens is 4. The number of aromatic amines is 1. The van der Waals surface area contributed by atoms with Crippen LogP contribution < -0.4 is 0 Å². The molecule has 0 unspecified atom stereocenters. The minimum Gasteiger partial charge on any atom is -0.381 e. The molecule has 2 aliphatic heterocycles. The highest BCUT2D eigenvalue weighted by atomic mass is 16.5. The van der Waals surface area contributed by atoms with Crippen molar-refractivity contribution in [1.29, 1.82) is 0 Å². The van der Waals surface area contributed by atoms with Gasteiger partial charge in [0.15, 0.2) is 0 Å². The van der Waals surface area contributed by atoms with E-state index in [0.717, 1.165) is 85.9 Å². The molecule has 2 aliphatic rings. The van der Waals surface area contributed by atoms with Crippen molar-refractivity contribution in [1.82, 2.24) is 29.7 Å². The summed E-state index contributed by atoms with van der Waals surface area (Å²) in [6.07, 6.45) is 6.34. The van der Waals surface area contributed by atoms with Gasteiger partial charge < -0.3 is 14.6 Å². The highest BCUT2D eigenvalue weighted by Gasteiger charge is 2.28. The summed E-state index contributed by atoms with van der Waals surface area (Å²) >= 11 is 0. The Labute approximate surface area is 210 Å². The van der Waals surface area contributed by atoms with E-state index in [2.05, 4.69) is 32.0 Å². The lowest BCUT2D eigenvalue weighted by molar-refractivity contribution is 0.0136. The van der Waals surface area contributed by atoms with E-state index in [-0.39, 0.29) is 5.91 Å². The lowest BCUT2D eigenvalue weighted by Gasteiger charge is -2.40. The molecule has 1 N–H and O–H groups in total. The summed E-state index contributed by atoms with van der Waals surface area (Å²) in [5.74, 6) is 0.817. The minimum atomic E-state index is 0.0748. The van der Waals surface area contributed by atoms with Crippen LogP contribution >= 0.6 is 0 Å². The Morgan fingerprint density at radius 3 is 2.61 bits per heavy atom. The highest BCUT2D eigenvalue weighted by molar-refractivity contribution is 5.98. The Morgan fingerprint density at radius 2 is 1.81 bits per heavy atom. The third-order valence-electron chi connectivity index (χ3n) is 7.22. The van der Waals surface area contributed by atoms with Gasteiger partial charge in [0.1, 0.15) is 11.5 Å². The van der Waals surface area contributed by atoms with Crippen LogP contribution in [0.25, 0.3) is 22.3 Å². The Balaban J connectivity index is 1.13. The summed E-state index contributed by atoms with van der Waals surface area (Å²) in [7, 11) is 0. The summed E-state index contributed by atoms with van der Waals surface area (Å²) in [5, 5.41) is 1.03. The average Bonchev–Trinajstić information content (AvgIpc) is 3.37. The van der Waals surface area contributed by atoms with Crippen molar-refractivity contribution < 1.29 is 9.53 Å². The molecule has 4 aromatic rings. The van der Waals surface area contributed by atoms with E-state index >= 15 is 0 Å². The van der Waals surface area contributed by atoms with E-state index in [1.54, 1.807) is 12.4 Å². The maximum absolute atomic E-state index is 13.2. The van der Waals surface area contributed by atoms with Gasteiger partial charge in [0.25, 0.3) is 5.91 Å². The van der Waals surface area contributed by atoms with Crippen molar-refractivity contribution in [2.45, 2.75) is 25.3 Å². The van der Waals surface area contributed by atoms with Gasteiger partial charge in [0.05, 0.1) is 11.4 Å². The van der Waals surface area contributed by atoms with Gasteiger partial charge in [-0.25, -0.2) is 9.97 Å². The predicted octanol–water partition coefficient (Wildman–Crippen LogP) is 3.55. The topological polar surface area (TPSA) is 87.2 Å². The van der Waals surface area contributed by atoms with Crippen LogP contribution in [0.4, 0.5) is 0 Å². The second-order valence-electron chi connectivity index (χ2n) is 9.53. The number of amides is 1. The molecule has 2 saturated heterocycles. The molecular formula is C28H30N6O2. The lowest BCUT2D eigenvalue weighted by atomic mass is 10.1. The van der Waals surface area contributed by atoms with E-state index in [1.807, 2.05) is 41.3 Å². The van der Waals surface area contributed by atoms with Gasteiger partial charge in [-0.15, -0.1) is 0 Å². The lowest BCUT2D eigenvalue weighted by Crippen LogP contribution is -2.53. The van der Waals surface area contributed by atoms with Gasteiger partial charge in [-0.1, -0.05) is 12.1 Å². The minimum absolute atomic E-state index is 0.0748. The standard InChI is InChI=1S/C28H30N6O2/c35-28(34-13-11-33(12-14-34)22-7-15-36-16-8-22)26-19-21-17-20(4-5-23(21)31-26)18-27-30-10-6-25(32-27)24-3-1-2-9-29-24/h1-6,9-10,17,19,22,31H,7-8,11-16,18H2. The van der Waals surface area contributed by atoms with Crippen LogP contribution in [0.3, 0.4) is 0 Å². The molecule has 184 valence electrons. The molecule has 36 heavy (non-hydrogen) atoms. The molecule has 8 heteroatoms. The van der Waals surface area contributed by atoms with Crippen LogP contribution in [0, 0.1) is 0 Å². The summed E-state index contributed by atoms with van der Waals surface area (Å²) in [4.78, 5) is 34.6. The number of rotatable bonds is 5. The van der Waals surface area contributed by atoms with E-state index < -0.39 is 0 Å². The van der Waals surface area contributed by atoms with Gasteiger partial charge in [0, 0.05) is 75.2 Å². The molecule has 0 bridgehead atoms. The number of ether oxygens (including phenoxy) is 1. The van der Waals surface area contributed by atoms with Crippen molar-refractivity contribution in [3.05, 3.63) is 78.0 Å². The molecule has 3 aromatic heterocycles. The van der Waals surface area contributed by atoms with E-state index in [4.69, 9.17) is 9.72 Å². The van der Waals surface area contributed by atoms with E-state index in [9.17, 15) is 4.79 Å². The predicted molar refractivity (Wildman–Crippen MR) is 138 cm³/mol. The largest absolute Gasteiger partial charge is 0.381 e. The zero-order valence-corrected chi connectivity index (χ0v) is 20.3. The molecule has 6 rings (SSSR count). The van der Waals surface area contributed by atoms with Gasteiger partial charge in [-0.05, 0) is 54.8 Å². The second kappa shape index (κ2) is 10.2. The molecule has 0 atom stereocenters. The fourth-order valence-electron chi connectivity index (χ4n) is 5.24. The summed E-state index contributed by atoms with van der Waals surface area (Å²) in [5.41, 5.74) is 4.36. The van der Waals surface area contributed by atoms with Crippen LogP contribution in [0.1, 0.15) is 34.7 Å². The van der Waals surface area contributed by atoms with Gasteiger partial charge in [-0.3, -0.25) is 14.7 Å². The molecule has 0 spiro atoms. The first-order chi connectivity index (χ1) is 17.7. The maximum atomic E-state index is 13.2. The maximum Gasteiger partial charge on any atom is 0.270 e. The van der Waals surface area contributed by atoms with Crippen LogP contribution in [-0.4, -0.2) is 81.1 Å². The number of fused-ring (bicyclic) bond motifs is 1. The molecule has 2 fully saturated rings. The van der Waals surface area contributed by atoms with Crippen molar-refractivity contribution in [2.75, 3.05) is 39.4 Å². The van der Waals surface area contributed by atoms with Crippen LogP contribution in [0.5, 0.6) is 0 Å². The fourth-order valence-corrected chi connectivity index (χ4v) is 5.24. The number of pyridine rings is 1. The SMILES string of the molecule is O=C(c1cc2cc(Cc3nccc(-c4ccccn4)n3)ccc2[nH]1)N1CCN(C2CCOCC2)CC1. The monoisotopic (exact) mass is 482 g/mol. The third kappa shape index (κ3) is 4.87. The molecule has 5 heterocycles. The number of carbonyl (C=O) groups is 1. The van der Waals surface area contributed by atoms with Crippen LogP contribution in [0.2, 0.25) is 0 Å². The first kappa shape index (κ1) is 22.8. The number of hydrogen-bond acceptors (Lipinski definition) is 6. The first-order valence-electron chi connectivity index (χ1n) is 12.7. The Bertz CT molecular complexity index is 1340. The van der Waals surface area contributed by atoms with Crippen molar-refractivity contribution in [3.63, 3.8) is 0 Å². The molecule has 0 radical (unpaired) electrons. The van der Waals surface area contributed by atoms with Gasteiger partial charge in [0.2, 0.25) is 0 Å².